The average Bonchev–Trinajstić information content (AvgIpc) is 1.67. The Balaban J connectivity index is 3.71. The topological polar surface area (TPSA) is 0 Å². The second-order valence-corrected chi connectivity index (χ2v) is 7.14. The third-order valence-electron chi connectivity index (χ3n) is 0.716. The van der Waals surface area contributed by atoms with Crippen molar-refractivity contribution in [2.45, 2.75) is 15.0 Å². The van der Waals surface area contributed by atoms with Gasteiger partial charge in [0, 0.05) is 5.33 Å². The average molecular weight is 374 g/mol. The molecule has 0 aliphatic rings. The van der Waals surface area contributed by atoms with Crippen molar-refractivity contribution in [1.29, 1.82) is 0 Å². The van der Waals surface area contributed by atoms with Gasteiger partial charge in [-0.1, -0.05) is 63.7 Å². The first-order chi connectivity index (χ1) is 3.50. The van der Waals surface area contributed by atoms with Crippen LogP contribution in [0.2, 0.25) is 0 Å². The van der Waals surface area contributed by atoms with E-state index in [0.717, 1.165) is 5.33 Å². The van der Waals surface area contributed by atoms with Gasteiger partial charge in [-0.05, 0) is 6.92 Å². The summed E-state index contributed by atoms with van der Waals surface area (Å²) in [6.07, 6.45) is 0. The zero-order valence-electron chi connectivity index (χ0n) is 4.30. The molecule has 0 aromatic carbocycles. The largest absolute Gasteiger partial charge is 0.0912 e. The molecule has 4 heteroatoms. The van der Waals surface area contributed by atoms with E-state index in [1.165, 1.54) is 0 Å². The minimum Gasteiger partial charge on any atom is -0.0912 e. The Labute approximate surface area is 83.3 Å². The second kappa shape index (κ2) is 3.94. The Morgan fingerprint density at radius 2 is 1.88 bits per heavy atom. The molecule has 0 aromatic rings. The van der Waals surface area contributed by atoms with Gasteiger partial charge < -0.3 is 0 Å². The summed E-state index contributed by atoms with van der Waals surface area (Å²) in [7, 11) is 0. The monoisotopic (exact) mass is 370 g/mol. The van der Waals surface area contributed by atoms with E-state index in [1.54, 1.807) is 0 Å². The molecule has 0 saturated carbocycles. The molecule has 0 N–H and O–H groups in total. The highest BCUT2D eigenvalue weighted by molar-refractivity contribution is 9.25. The molecule has 50 valence electrons. The molecule has 0 nitrogen and oxygen atoms in total. The van der Waals surface area contributed by atoms with Crippen LogP contribution in [0.3, 0.4) is 0 Å². The van der Waals surface area contributed by atoms with E-state index in [2.05, 4.69) is 70.6 Å². The van der Waals surface area contributed by atoms with Crippen molar-refractivity contribution in [2.24, 2.45) is 0 Å². The van der Waals surface area contributed by atoms with Crippen LogP contribution >= 0.6 is 63.7 Å². The fourth-order valence-electron chi connectivity index (χ4n) is 0.0583. The van der Waals surface area contributed by atoms with Crippen LogP contribution in [-0.2, 0) is 0 Å². The molecule has 0 heterocycles. The standard InChI is InChI=1S/C4H6Br4/c1-4(8,2-5)3(6)7/h3H,2H2,1H3. The Hall–Kier alpha value is 1.92. The van der Waals surface area contributed by atoms with E-state index in [4.69, 9.17) is 0 Å². The van der Waals surface area contributed by atoms with Gasteiger partial charge in [-0.2, -0.15) is 0 Å². The van der Waals surface area contributed by atoms with Crippen LogP contribution in [0.1, 0.15) is 6.92 Å². The number of hydrogen-bond donors (Lipinski definition) is 0. The molecule has 0 fully saturated rings. The van der Waals surface area contributed by atoms with Crippen LogP contribution in [-0.4, -0.2) is 13.4 Å². The summed E-state index contributed by atoms with van der Waals surface area (Å²) in [6, 6.07) is 0. The summed E-state index contributed by atoms with van der Waals surface area (Å²) < 4.78 is 0.411. The van der Waals surface area contributed by atoms with Crippen molar-refractivity contribution >= 4 is 63.7 Å². The van der Waals surface area contributed by atoms with E-state index in [1.807, 2.05) is 0 Å². The number of alkyl halides is 4. The minimum atomic E-state index is 0.104. The van der Waals surface area contributed by atoms with Crippen LogP contribution < -0.4 is 0 Å². The van der Waals surface area contributed by atoms with E-state index >= 15 is 0 Å². The van der Waals surface area contributed by atoms with E-state index in [9.17, 15) is 0 Å². The lowest BCUT2D eigenvalue weighted by Gasteiger charge is -2.20. The highest BCUT2D eigenvalue weighted by Gasteiger charge is 2.25. The molecule has 0 amide bonds. The molecule has 0 aromatic heterocycles. The van der Waals surface area contributed by atoms with Crippen molar-refractivity contribution in [3.05, 3.63) is 0 Å². The van der Waals surface area contributed by atoms with E-state index in [0.29, 0.717) is 3.74 Å². The first kappa shape index (κ1) is 9.92. The Kier molecular flexibility index (Phi) is 4.88. The number of hydrogen-bond acceptors (Lipinski definition) is 0. The maximum atomic E-state index is 3.50. The van der Waals surface area contributed by atoms with E-state index in [-0.39, 0.29) is 4.32 Å². The zero-order chi connectivity index (χ0) is 6.78. The molecule has 1 unspecified atom stereocenters. The molecule has 8 heavy (non-hydrogen) atoms. The van der Waals surface area contributed by atoms with Crippen molar-refractivity contribution in [1.82, 2.24) is 0 Å². The third-order valence-corrected chi connectivity index (χ3v) is 6.62. The molecule has 0 spiro atoms. The first-order valence-electron chi connectivity index (χ1n) is 2.03. The highest BCUT2D eigenvalue weighted by atomic mass is 79.9. The van der Waals surface area contributed by atoms with Gasteiger partial charge in [0.1, 0.15) is 0 Å². The van der Waals surface area contributed by atoms with Crippen LogP contribution in [0.15, 0.2) is 0 Å². The maximum Gasteiger partial charge on any atom is 0.0855 e. The predicted octanol–water partition coefficient (Wildman–Crippen LogP) is 3.65. The molecule has 1 atom stereocenters. The van der Waals surface area contributed by atoms with Gasteiger partial charge in [-0.3, -0.25) is 0 Å². The normalized spacial score (nSPS) is 18.8. The fourth-order valence-corrected chi connectivity index (χ4v) is 1.57. The SMILES string of the molecule is CC(Br)(CBr)C(Br)Br. The van der Waals surface area contributed by atoms with Gasteiger partial charge in [-0.25, -0.2) is 0 Å². The molecule has 0 bridgehead atoms. The smallest absolute Gasteiger partial charge is 0.0855 e. The molecule has 0 aliphatic carbocycles. The number of halogens is 4. The molecule has 0 aliphatic heterocycles. The van der Waals surface area contributed by atoms with Gasteiger partial charge in [0.15, 0.2) is 0 Å². The molecular weight excluding hydrogens is 368 g/mol. The number of rotatable bonds is 2. The molecule has 0 saturated heterocycles. The summed E-state index contributed by atoms with van der Waals surface area (Å²) in [5, 5.41) is 0.918. The van der Waals surface area contributed by atoms with Gasteiger partial charge in [0.05, 0.1) is 8.06 Å². The summed E-state index contributed by atoms with van der Waals surface area (Å²) in [5.41, 5.74) is 0. The van der Waals surface area contributed by atoms with Crippen molar-refractivity contribution in [2.75, 3.05) is 5.33 Å². The fraction of sp³-hybridized carbons (Fsp3) is 1.00. The van der Waals surface area contributed by atoms with Gasteiger partial charge >= 0.3 is 0 Å². The van der Waals surface area contributed by atoms with Crippen molar-refractivity contribution < 1.29 is 0 Å². The van der Waals surface area contributed by atoms with Crippen LogP contribution in [0.4, 0.5) is 0 Å². The Bertz CT molecular complexity index is 68.4. The quantitative estimate of drug-likeness (QED) is 0.648. The Morgan fingerprint density at radius 1 is 1.50 bits per heavy atom. The summed E-state index contributed by atoms with van der Waals surface area (Å²) in [5.74, 6) is 0. The van der Waals surface area contributed by atoms with Gasteiger partial charge in [0.2, 0.25) is 0 Å². The minimum absolute atomic E-state index is 0.104. The van der Waals surface area contributed by atoms with Crippen LogP contribution in [0.25, 0.3) is 0 Å². The van der Waals surface area contributed by atoms with Gasteiger partial charge in [0.25, 0.3) is 0 Å². The molecule has 0 rings (SSSR count). The Morgan fingerprint density at radius 3 is 1.88 bits per heavy atom. The first-order valence-corrected chi connectivity index (χ1v) is 5.78. The van der Waals surface area contributed by atoms with Crippen molar-refractivity contribution in [3.8, 4) is 0 Å². The summed E-state index contributed by atoms with van der Waals surface area (Å²) in [4.78, 5) is 0. The zero-order valence-corrected chi connectivity index (χ0v) is 10.6. The second-order valence-electron chi connectivity index (χ2n) is 1.71. The maximum absolute atomic E-state index is 3.50. The van der Waals surface area contributed by atoms with Crippen molar-refractivity contribution in [3.63, 3.8) is 0 Å². The lowest BCUT2D eigenvalue weighted by atomic mass is 10.3. The van der Waals surface area contributed by atoms with Gasteiger partial charge in [-0.15, -0.1) is 0 Å². The lowest BCUT2D eigenvalue weighted by molar-refractivity contribution is 0.841. The third kappa shape index (κ3) is 3.18. The van der Waals surface area contributed by atoms with Crippen LogP contribution in [0, 0.1) is 0 Å². The van der Waals surface area contributed by atoms with E-state index < -0.39 is 0 Å². The molecule has 0 radical (unpaired) electrons. The van der Waals surface area contributed by atoms with Crippen LogP contribution in [0.5, 0.6) is 0 Å². The summed E-state index contributed by atoms with van der Waals surface area (Å²) in [6.45, 7) is 2.09. The lowest BCUT2D eigenvalue weighted by Crippen LogP contribution is -2.24. The summed E-state index contributed by atoms with van der Waals surface area (Å²) >= 11 is 13.7. The molecular formula is C4H6Br4. The highest BCUT2D eigenvalue weighted by Crippen LogP contribution is 2.33. The predicted molar refractivity (Wildman–Crippen MR) is 52.8 cm³/mol.